The second-order valence-corrected chi connectivity index (χ2v) is 8.02. The molecule has 1 aliphatic carbocycles. The van der Waals surface area contributed by atoms with E-state index in [-0.39, 0.29) is 5.91 Å². The van der Waals surface area contributed by atoms with Crippen LogP contribution in [0.1, 0.15) is 48.5 Å². The van der Waals surface area contributed by atoms with Crippen LogP contribution in [0.25, 0.3) is 21.8 Å². The molecule has 5 heteroatoms. The van der Waals surface area contributed by atoms with Crippen LogP contribution in [0, 0.1) is 5.92 Å². The Balaban J connectivity index is 1.59. The third-order valence-corrected chi connectivity index (χ3v) is 5.95. The first-order valence-electron chi connectivity index (χ1n) is 10.2. The smallest absolute Gasteiger partial charge is 0.278 e. The lowest BCUT2D eigenvalue weighted by atomic mass is 10.1. The van der Waals surface area contributed by atoms with E-state index < -0.39 is 0 Å². The van der Waals surface area contributed by atoms with Gasteiger partial charge >= 0.3 is 0 Å². The van der Waals surface area contributed by atoms with Crippen molar-refractivity contribution in [1.29, 1.82) is 0 Å². The number of hydrogen-bond acceptors (Lipinski definition) is 2. The standard InChI is InChI=1S/C23H25N3O2/c24-22(13-15-5-6-15)25-23(27)16-7-8-19-18-3-1-2-4-20(18)26(21(19)14-16)17-9-11-28-12-10-17/h1-4,7-8,14-15,17H,5-6,9-13H2,(H2,24,25,27). The third-order valence-electron chi connectivity index (χ3n) is 5.95. The molecule has 2 N–H and O–H groups in total. The van der Waals surface area contributed by atoms with E-state index in [1.54, 1.807) is 0 Å². The van der Waals surface area contributed by atoms with E-state index in [0.29, 0.717) is 23.4 Å². The SMILES string of the molecule is NC(CC1CC1)=NC(=O)c1ccc2c3ccccc3n(C3CCOCC3)c2c1. The lowest BCUT2D eigenvalue weighted by molar-refractivity contribution is 0.0717. The lowest BCUT2D eigenvalue weighted by Gasteiger charge is -2.25. The fraction of sp³-hybridized carbons (Fsp3) is 0.391. The molecule has 1 saturated carbocycles. The molecule has 2 fully saturated rings. The number of amides is 1. The fourth-order valence-electron chi connectivity index (χ4n) is 4.33. The summed E-state index contributed by atoms with van der Waals surface area (Å²) in [6.07, 6.45) is 5.09. The number of ether oxygens (including phenoxy) is 1. The van der Waals surface area contributed by atoms with E-state index in [0.717, 1.165) is 38.0 Å². The number of benzene rings is 2. The van der Waals surface area contributed by atoms with Crippen LogP contribution in [0.3, 0.4) is 0 Å². The van der Waals surface area contributed by atoms with Gasteiger partial charge in [-0.3, -0.25) is 4.79 Å². The third kappa shape index (κ3) is 3.20. The van der Waals surface area contributed by atoms with Crippen LogP contribution < -0.4 is 5.73 Å². The largest absolute Gasteiger partial charge is 0.387 e. The highest BCUT2D eigenvalue weighted by molar-refractivity contribution is 6.11. The maximum atomic E-state index is 12.7. The first-order valence-corrected chi connectivity index (χ1v) is 10.2. The van der Waals surface area contributed by atoms with Gasteiger partial charge in [0.05, 0.1) is 5.52 Å². The van der Waals surface area contributed by atoms with Gasteiger partial charge in [-0.25, -0.2) is 0 Å². The second-order valence-electron chi connectivity index (χ2n) is 8.02. The molecular formula is C23H25N3O2. The Hall–Kier alpha value is -2.66. The van der Waals surface area contributed by atoms with E-state index in [2.05, 4.69) is 33.8 Å². The Morgan fingerprint density at radius 3 is 2.57 bits per heavy atom. The van der Waals surface area contributed by atoms with Crippen molar-refractivity contribution in [2.75, 3.05) is 13.2 Å². The summed E-state index contributed by atoms with van der Waals surface area (Å²) < 4.78 is 7.96. The van der Waals surface area contributed by atoms with Gasteiger partial charge in [0.1, 0.15) is 5.84 Å². The molecule has 1 aromatic heterocycles. The van der Waals surface area contributed by atoms with E-state index in [9.17, 15) is 4.79 Å². The minimum atomic E-state index is -0.246. The van der Waals surface area contributed by atoms with Gasteiger partial charge in [-0.05, 0) is 49.8 Å². The van der Waals surface area contributed by atoms with Crippen LogP contribution in [0.4, 0.5) is 0 Å². The lowest BCUT2D eigenvalue weighted by Crippen LogP contribution is -2.19. The van der Waals surface area contributed by atoms with Crippen LogP contribution in [-0.2, 0) is 4.74 Å². The summed E-state index contributed by atoms with van der Waals surface area (Å²) in [5.41, 5.74) is 8.89. The molecule has 2 aliphatic rings. The van der Waals surface area contributed by atoms with E-state index in [1.165, 1.54) is 29.1 Å². The number of carbonyl (C=O) groups is 1. The molecule has 1 saturated heterocycles. The number of carbonyl (C=O) groups excluding carboxylic acids is 1. The number of hydrogen-bond donors (Lipinski definition) is 1. The average molecular weight is 375 g/mol. The molecule has 0 unspecified atom stereocenters. The number of para-hydroxylation sites is 1. The molecule has 2 aromatic carbocycles. The second kappa shape index (κ2) is 7.06. The van der Waals surface area contributed by atoms with Gasteiger partial charge in [0.25, 0.3) is 5.91 Å². The quantitative estimate of drug-likeness (QED) is 0.541. The zero-order valence-electron chi connectivity index (χ0n) is 15.9. The molecule has 0 atom stereocenters. The van der Waals surface area contributed by atoms with Crippen molar-refractivity contribution in [2.45, 2.75) is 38.1 Å². The molecule has 0 bridgehead atoms. The number of aliphatic imine (C=N–C) groups is 1. The molecule has 5 nitrogen and oxygen atoms in total. The van der Waals surface area contributed by atoms with Gasteiger partial charge in [-0.1, -0.05) is 24.3 Å². The summed E-state index contributed by atoms with van der Waals surface area (Å²) >= 11 is 0. The van der Waals surface area contributed by atoms with Gasteiger partial charge in [-0.15, -0.1) is 0 Å². The Kier molecular flexibility index (Phi) is 4.40. The van der Waals surface area contributed by atoms with E-state index in [4.69, 9.17) is 10.5 Å². The highest BCUT2D eigenvalue weighted by Crippen LogP contribution is 2.36. The van der Waals surface area contributed by atoms with Gasteiger partial charge in [0, 0.05) is 47.5 Å². The van der Waals surface area contributed by atoms with E-state index >= 15 is 0 Å². The molecule has 1 amide bonds. The van der Waals surface area contributed by atoms with Crippen molar-refractivity contribution in [3.63, 3.8) is 0 Å². The van der Waals surface area contributed by atoms with Crippen LogP contribution in [0.15, 0.2) is 47.5 Å². The van der Waals surface area contributed by atoms with Gasteiger partial charge in [0.2, 0.25) is 0 Å². The van der Waals surface area contributed by atoms with Crippen molar-refractivity contribution in [3.05, 3.63) is 48.0 Å². The highest BCUT2D eigenvalue weighted by atomic mass is 16.5. The predicted octanol–water partition coefficient (Wildman–Crippen LogP) is 4.44. The predicted molar refractivity (Wildman–Crippen MR) is 112 cm³/mol. The van der Waals surface area contributed by atoms with Gasteiger partial charge in [-0.2, -0.15) is 4.99 Å². The summed E-state index contributed by atoms with van der Waals surface area (Å²) in [5, 5.41) is 2.40. The highest BCUT2D eigenvalue weighted by Gasteiger charge is 2.24. The Bertz CT molecular complexity index is 1070. The first kappa shape index (κ1) is 17.4. The normalized spacial score (nSPS) is 18.8. The molecule has 0 spiro atoms. The summed E-state index contributed by atoms with van der Waals surface area (Å²) in [6, 6.07) is 14.8. The van der Waals surface area contributed by atoms with Crippen LogP contribution >= 0.6 is 0 Å². The molecule has 2 heterocycles. The zero-order valence-corrected chi connectivity index (χ0v) is 15.9. The Morgan fingerprint density at radius 2 is 1.79 bits per heavy atom. The molecule has 0 radical (unpaired) electrons. The summed E-state index contributed by atoms with van der Waals surface area (Å²) in [7, 11) is 0. The van der Waals surface area contributed by atoms with Gasteiger partial charge in [0.15, 0.2) is 0 Å². The minimum absolute atomic E-state index is 0.246. The van der Waals surface area contributed by atoms with Crippen molar-refractivity contribution < 1.29 is 9.53 Å². The number of amidine groups is 1. The monoisotopic (exact) mass is 375 g/mol. The number of aromatic nitrogens is 1. The van der Waals surface area contributed by atoms with Crippen molar-refractivity contribution >= 4 is 33.5 Å². The zero-order chi connectivity index (χ0) is 19.1. The summed E-state index contributed by atoms with van der Waals surface area (Å²) in [6.45, 7) is 1.55. The van der Waals surface area contributed by atoms with Crippen LogP contribution in [0.2, 0.25) is 0 Å². The number of nitrogens with zero attached hydrogens (tertiary/aromatic N) is 2. The topological polar surface area (TPSA) is 69.6 Å². The van der Waals surface area contributed by atoms with Crippen molar-refractivity contribution in [2.24, 2.45) is 16.6 Å². The minimum Gasteiger partial charge on any atom is -0.387 e. The molecular weight excluding hydrogens is 350 g/mol. The van der Waals surface area contributed by atoms with E-state index in [1.807, 2.05) is 18.2 Å². The number of rotatable bonds is 4. The number of fused-ring (bicyclic) bond motifs is 3. The van der Waals surface area contributed by atoms with Crippen molar-refractivity contribution in [3.8, 4) is 0 Å². The Labute approximate surface area is 164 Å². The van der Waals surface area contributed by atoms with Crippen LogP contribution in [-0.4, -0.2) is 29.5 Å². The molecule has 1 aliphatic heterocycles. The summed E-state index contributed by atoms with van der Waals surface area (Å²) in [5.74, 6) is 0.830. The molecule has 28 heavy (non-hydrogen) atoms. The first-order chi connectivity index (χ1) is 13.7. The fourth-order valence-corrected chi connectivity index (χ4v) is 4.33. The van der Waals surface area contributed by atoms with Gasteiger partial charge < -0.3 is 15.0 Å². The van der Waals surface area contributed by atoms with Crippen LogP contribution in [0.5, 0.6) is 0 Å². The average Bonchev–Trinajstić information content (AvgIpc) is 3.47. The van der Waals surface area contributed by atoms with Crippen molar-refractivity contribution in [1.82, 2.24) is 4.57 Å². The maximum absolute atomic E-state index is 12.7. The molecule has 5 rings (SSSR count). The molecule has 3 aromatic rings. The molecule has 144 valence electrons. The summed E-state index contributed by atoms with van der Waals surface area (Å²) in [4.78, 5) is 16.9. The number of nitrogens with two attached hydrogens (primary N) is 1. The maximum Gasteiger partial charge on any atom is 0.278 e. The Morgan fingerprint density at radius 1 is 1.04 bits per heavy atom.